The standard InChI is InChI=1S/C20H29N/c1-15-8-9-17(12-16(15)2)13-19(14-21-20-10-11-20)18-6-4-3-5-7-18/h8-9,12-13,18,20-21H,3-7,10-11,14H2,1-2H3/b19-13-. The van der Waals surface area contributed by atoms with E-state index in [4.69, 9.17) is 0 Å². The molecule has 2 fully saturated rings. The second kappa shape index (κ2) is 6.79. The Balaban J connectivity index is 1.77. The third kappa shape index (κ3) is 4.20. The van der Waals surface area contributed by atoms with Crippen LogP contribution < -0.4 is 5.32 Å². The van der Waals surface area contributed by atoms with E-state index in [0.29, 0.717) is 0 Å². The molecular weight excluding hydrogens is 254 g/mol. The fraction of sp³-hybridized carbons (Fsp3) is 0.600. The van der Waals surface area contributed by atoms with Gasteiger partial charge in [0, 0.05) is 12.6 Å². The second-order valence-corrected chi connectivity index (χ2v) is 7.05. The number of benzene rings is 1. The maximum absolute atomic E-state index is 3.73. The van der Waals surface area contributed by atoms with E-state index in [9.17, 15) is 0 Å². The van der Waals surface area contributed by atoms with Gasteiger partial charge >= 0.3 is 0 Å². The molecule has 1 nitrogen and oxygen atoms in total. The molecular formula is C20H29N. The minimum atomic E-state index is 0.803. The van der Waals surface area contributed by atoms with Gasteiger partial charge in [-0.1, -0.05) is 49.1 Å². The minimum absolute atomic E-state index is 0.803. The smallest absolute Gasteiger partial charge is 0.0173 e. The Morgan fingerprint density at radius 2 is 1.81 bits per heavy atom. The Labute approximate surface area is 129 Å². The summed E-state index contributed by atoms with van der Waals surface area (Å²) in [5.74, 6) is 0.812. The molecule has 1 heteroatoms. The summed E-state index contributed by atoms with van der Waals surface area (Å²) < 4.78 is 0. The molecule has 0 radical (unpaired) electrons. The van der Waals surface area contributed by atoms with Crippen molar-refractivity contribution in [1.29, 1.82) is 0 Å². The highest BCUT2D eigenvalue weighted by Gasteiger charge is 2.23. The summed E-state index contributed by atoms with van der Waals surface area (Å²) >= 11 is 0. The molecule has 1 aromatic carbocycles. The van der Waals surface area contributed by atoms with E-state index in [1.165, 1.54) is 61.6 Å². The summed E-state index contributed by atoms with van der Waals surface area (Å²) in [6.07, 6.45) is 12.3. The molecule has 0 amide bonds. The number of rotatable bonds is 5. The van der Waals surface area contributed by atoms with Crippen molar-refractivity contribution in [3.05, 3.63) is 40.5 Å². The summed E-state index contributed by atoms with van der Waals surface area (Å²) in [4.78, 5) is 0. The van der Waals surface area contributed by atoms with Gasteiger partial charge in [-0.2, -0.15) is 0 Å². The van der Waals surface area contributed by atoms with Gasteiger partial charge < -0.3 is 5.32 Å². The Morgan fingerprint density at radius 1 is 1.05 bits per heavy atom. The van der Waals surface area contributed by atoms with Gasteiger partial charge in [-0.3, -0.25) is 0 Å². The number of nitrogens with one attached hydrogen (secondary N) is 1. The van der Waals surface area contributed by atoms with Gasteiger partial charge in [0.1, 0.15) is 0 Å². The van der Waals surface area contributed by atoms with Crippen LogP contribution in [0.15, 0.2) is 23.8 Å². The Hall–Kier alpha value is -1.08. The summed E-state index contributed by atoms with van der Waals surface area (Å²) in [6, 6.07) is 7.68. The zero-order chi connectivity index (χ0) is 14.7. The highest BCUT2D eigenvalue weighted by molar-refractivity contribution is 5.55. The maximum Gasteiger partial charge on any atom is 0.0173 e. The highest BCUT2D eigenvalue weighted by Crippen LogP contribution is 2.31. The van der Waals surface area contributed by atoms with Crippen LogP contribution in [0.3, 0.4) is 0 Å². The topological polar surface area (TPSA) is 12.0 Å². The summed E-state index contributed by atoms with van der Waals surface area (Å²) in [6.45, 7) is 5.51. The van der Waals surface area contributed by atoms with Crippen LogP contribution in [0.25, 0.3) is 6.08 Å². The molecule has 0 aliphatic heterocycles. The zero-order valence-electron chi connectivity index (χ0n) is 13.6. The van der Waals surface area contributed by atoms with Gasteiger partial charge in [-0.05, 0) is 62.1 Å². The third-order valence-corrected chi connectivity index (χ3v) is 5.18. The van der Waals surface area contributed by atoms with E-state index >= 15 is 0 Å². The third-order valence-electron chi connectivity index (χ3n) is 5.18. The molecule has 0 bridgehead atoms. The molecule has 2 aliphatic rings. The van der Waals surface area contributed by atoms with E-state index in [1.807, 2.05) is 0 Å². The molecule has 3 rings (SSSR count). The zero-order valence-corrected chi connectivity index (χ0v) is 13.6. The molecule has 0 spiro atoms. The van der Waals surface area contributed by atoms with E-state index in [1.54, 1.807) is 5.57 Å². The first-order valence-electron chi connectivity index (χ1n) is 8.73. The van der Waals surface area contributed by atoms with Gasteiger partial charge in [0.2, 0.25) is 0 Å². The lowest BCUT2D eigenvalue weighted by molar-refractivity contribution is 0.396. The molecule has 2 saturated carbocycles. The molecule has 2 aliphatic carbocycles. The van der Waals surface area contributed by atoms with Gasteiger partial charge in [0.05, 0.1) is 0 Å². The van der Waals surface area contributed by atoms with E-state index in [2.05, 4.69) is 43.4 Å². The fourth-order valence-corrected chi connectivity index (χ4v) is 3.40. The molecule has 114 valence electrons. The first-order valence-corrected chi connectivity index (χ1v) is 8.73. The molecule has 0 saturated heterocycles. The number of aryl methyl sites for hydroxylation is 2. The monoisotopic (exact) mass is 283 g/mol. The minimum Gasteiger partial charge on any atom is -0.310 e. The van der Waals surface area contributed by atoms with Crippen LogP contribution in [-0.2, 0) is 0 Å². The van der Waals surface area contributed by atoms with Crippen molar-refractivity contribution >= 4 is 6.08 Å². The van der Waals surface area contributed by atoms with Crippen LogP contribution in [0, 0.1) is 19.8 Å². The summed E-state index contributed by atoms with van der Waals surface area (Å²) in [5.41, 5.74) is 5.82. The Bertz CT molecular complexity index is 505. The van der Waals surface area contributed by atoms with Crippen molar-refractivity contribution in [2.24, 2.45) is 5.92 Å². The van der Waals surface area contributed by atoms with Crippen molar-refractivity contribution in [2.75, 3.05) is 6.54 Å². The van der Waals surface area contributed by atoms with Crippen LogP contribution in [0.1, 0.15) is 61.6 Å². The highest BCUT2D eigenvalue weighted by atomic mass is 14.9. The number of hydrogen-bond acceptors (Lipinski definition) is 1. The second-order valence-electron chi connectivity index (χ2n) is 7.05. The van der Waals surface area contributed by atoms with Crippen molar-refractivity contribution < 1.29 is 0 Å². The average Bonchev–Trinajstić information content (AvgIpc) is 3.32. The molecule has 1 N–H and O–H groups in total. The molecule has 1 aromatic rings. The summed E-state index contributed by atoms with van der Waals surface area (Å²) in [7, 11) is 0. The lowest BCUT2D eigenvalue weighted by Gasteiger charge is -2.25. The van der Waals surface area contributed by atoms with Crippen molar-refractivity contribution in [3.8, 4) is 0 Å². The lowest BCUT2D eigenvalue weighted by atomic mass is 9.83. The molecule has 21 heavy (non-hydrogen) atoms. The van der Waals surface area contributed by atoms with Gasteiger partial charge in [-0.25, -0.2) is 0 Å². The van der Waals surface area contributed by atoms with Gasteiger partial charge in [-0.15, -0.1) is 0 Å². The predicted octanol–water partition coefficient (Wildman–Crippen LogP) is 5.02. The number of hydrogen-bond donors (Lipinski definition) is 1. The van der Waals surface area contributed by atoms with E-state index in [0.717, 1.165) is 18.5 Å². The van der Waals surface area contributed by atoms with Crippen LogP contribution in [-0.4, -0.2) is 12.6 Å². The Morgan fingerprint density at radius 3 is 2.48 bits per heavy atom. The average molecular weight is 283 g/mol. The first-order chi connectivity index (χ1) is 10.2. The largest absolute Gasteiger partial charge is 0.310 e. The van der Waals surface area contributed by atoms with Crippen molar-refractivity contribution in [1.82, 2.24) is 5.32 Å². The first kappa shape index (κ1) is 14.8. The van der Waals surface area contributed by atoms with Crippen LogP contribution in [0.5, 0.6) is 0 Å². The van der Waals surface area contributed by atoms with Crippen molar-refractivity contribution in [2.45, 2.75) is 64.8 Å². The lowest BCUT2D eigenvalue weighted by Crippen LogP contribution is -2.24. The van der Waals surface area contributed by atoms with Crippen molar-refractivity contribution in [3.63, 3.8) is 0 Å². The van der Waals surface area contributed by atoms with E-state index in [-0.39, 0.29) is 0 Å². The van der Waals surface area contributed by atoms with Crippen LogP contribution in [0.4, 0.5) is 0 Å². The fourth-order valence-electron chi connectivity index (χ4n) is 3.40. The summed E-state index contributed by atoms with van der Waals surface area (Å²) in [5, 5.41) is 3.73. The molecule has 0 unspecified atom stereocenters. The van der Waals surface area contributed by atoms with Gasteiger partial charge in [0.15, 0.2) is 0 Å². The molecule has 0 aromatic heterocycles. The maximum atomic E-state index is 3.73. The van der Waals surface area contributed by atoms with Crippen LogP contribution in [0.2, 0.25) is 0 Å². The SMILES string of the molecule is Cc1ccc(/C=C(/CNC2CC2)C2CCCCC2)cc1C. The molecule has 0 atom stereocenters. The van der Waals surface area contributed by atoms with Crippen LogP contribution >= 0.6 is 0 Å². The normalized spacial score (nSPS) is 20.8. The molecule has 0 heterocycles. The van der Waals surface area contributed by atoms with E-state index < -0.39 is 0 Å². The predicted molar refractivity (Wildman–Crippen MR) is 91.5 cm³/mol. The quantitative estimate of drug-likeness (QED) is 0.800. The Kier molecular flexibility index (Phi) is 4.80. The van der Waals surface area contributed by atoms with Gasteiger partial charge in [0.25, 0.3) is 0 Å².